The minimum absolute atomic E-state index is 0.132. The Kier molecular flexibility index (Phi) is 4.34. The SMILES string of the molecule is CCCc1cc(C(=O)OCC(=O)N2CCNC2=O)n[nH]1. The fraction of sp³-hybridized carbons (Fsp3) is 0.500. The van der Waals surface area contributed by atoms with Crippen LogP contribution in [0.3, 0.4) is 0 Å². The van der Waals surface area contributed by atoms with Crippen LogP contribution in [0.2, 0.25) is 0 Å². The van der Waals surface area contributed by atoms with Gasteiger partial charge in [-0.1, -0.05) is 13.3 Å². The lowest BCUT2D eigenvalue weighted by Gasteiger charge is -2.11. The number of rotatable bonds is 5. The molecule has 0 saturated carbocycles. The number of esters is 1. The third-order valence-corrected chi connectivity index (χ3v) is 2.84. The Balaban J connectivity index is 1.85. The molecule has 0 aromatic carbocycles. The molecule has 0 atom stereocenters. The highest BCUT2D eigenvalue weighted by molar-refractivity contribution is 5.97. The first-order valence-electron chi connectivity index (χ1n) is 6.41. The molecule has 3 amide bonds. The molecule has 1 aliphatic heterocycles. The molecule has 1 aromatic rings. The van der Waals surface area contributed by atoms with Gasteiger partial charge in [-0.15, -0.1) is 0 Å². The molecule has 0 unspecified atom stereocenters. The van der Waals surface area contributed by atoms with Crippen molar-refractivity contribution in [3.63, 3.8) is 0 Å². The van der Waals surface area contributed by atoms with Crippen LogP contribution in [0.4, 0.5) is 4.79 Å². The Bertz CT molecular complexity index is 525. The topological polar surface area (TPSA) is 104 Å². The van der Waals surface area contributed by atoms with Gasteiger partial charge in [-0.05, 0) is 12.5 Å². The van der Waals surface area contributed by atoms with Crippen LogP contribution in [0.15, 0.2) is 6.07 Å². The molecular formula is C12H16N4O4. The van der Waals surface area contributed by atoms with E-state index in [1.807, 2.05) is 6.92 Å². The van der Waals surface area contributed by atoms with Gasteiger partial charge in [-0.2, -0.15) is 5.10 Å². The third-order valence-electron chi connectivity index (χ3n) is 2.84. The van der Waals surface area contributed by atoms with E-state index in [1.165, 1.54) is 0 Å². The molecule has 2 N–H and O–H groups in total. The summed E-state index contributed by atoms with van der Waals surface area (Å²) in [6, 6.07) is 1.13. The van der Waals surface area contributed by atoms with Crippen molar-refractivity contribution in [2.24, 2.45) is 0 Å². The molecule has 8 heteroatoms. The molecule has 8 nitrogen and oxygen atoms in total. The van der Waals surface area contributed by atoms with Gasteiger partial charge >= 0.3 is 12.0 Å². The van der Waals surface area contributed by atoms with E-state index in [0.29, 0.717) is 6.54 Å². The number of carbonyl (C=O) groups is 3. The molecule has 108 valence electrons. The first kappa shape index (κ1) is 14.0. The van der Waals surface area contributed by atoms with Gasteiger partial charge in [0.25, 0.3) is 5.91 Å². The van der Waals surface area contributed by atoms with Crippen LogP contribution in [0.1, 0.15) is 29.5 Å². The van der Waals surface area contributed by atoms with Gasteiger partial charge in [-0.3, -0.25) is 14.8 Å². The van der Waals surface area contributed by atoms with Crippen molar-refractivity contribution in [2.75, 3.05) is 19.7 Å². The monoisotopic (exact) mass is 280 g/mol. The number of urea groups is 1. The lowest BCUT2D eigenvalue weighted by molar-refractivity contribution is -0.130. The molecule has 0 radical (unpaired) electrons. The fourth-order valence-corrected chi connectivity index (χ4v) is 1.85. The number of hydrogen-bond acceptors (Lipinski definition) is 5. The third kappa shape index (κ3) is 3.14. The molecule has 2 heterocycles. The van der Waals surface area contributed by atoms with Crippen LogP contribution in [-0.4, -0.2) is 52.7 Å². The Morgan fingerprint density at radius 3 is 2.95 bits per heavy atom. The van der Waals surface area contributed by atoms with E-state index in [0.717, 1.165) is 23.4 Å². The van der Waals surface area contributed by atoms with Crippen molar-refractivity contribution < 1.29 is 19.1 Å². The first-order chi connectivity index (χ1) is 9.61. The van der Waals surface area contributed by atoms with Gasteiger partial charge < -0.3 is 10.1 Å². The van der Waals surface area contributed by atoms with Gasteiger partial charge in [0, 0.05) is 18.8 Å². The molecule has 1 saturated heterocycles. The van der Waals surface area contributed by atoms with Gasteiger partial charge in [0.2, 0.25) is 0 Å². The summed E-state index contributed by atoms with van der Waals surface area (Å²) in [5, 5.41) is 9.04. The number of hydrogen-bond donors (Lipinski definition) is 2. The second-order valence-electron chi connectivity index (χ2n) is 4.38. The number of aromatic nitrogens is 2. The van der Waals surface area contributed by atoms with Crippen LogP contribution in [0.25, 0.3) is 0 Å². The molecule has 0 spiro atoms. The van der Waals surface area contributed by atoms with Crippen molar-refractivity contribution in [1.29, 1.82) is 0 Å². The fourth-order valence-electron chi connectivity index (χ4n) is 1.85. The number of nitrogens with zero attached hydrogens (tertiary/aromatic N) is 2. The number of carbonyl (C=O) groups excluding carboxylic acids is 3. The van der Waals surface area contributed by atoms with Crippen LogP contribution >= 0.6 is 0 Å². The zero-order valence-corrected chi connectivity index (χ0v) is 11.1. The number of aryl methyl sites for hydroxylation is 1. The van der Waals surface area contributed by atoms with Gasteiger partial charge in [0.05, 0.1) is 0 Å². The standard InChI is InChI=1S/C12H16N4O4/c1-2-3-8-6-9(15-14-8)11(18)20-7-10(17)16-5-4-13-12(16)19/h6H,2-5,7H2,1H3,(H,13,19)(H,14,15). The van der Waals surface area contributed by atoms with E-state index in [2.05, 4.69) is 15.5 Å². The van der Waals surface area contributed by atoms with Gasteiger partial charge in [0.15, 0.2) is 12.3 Å². The summed E-state index contributed by atoms with van der Waals surface area (Å²) < 4.78 is 4.85. The van der Waals surface area contributed by atoms with Crippen LogP contribution in [-0.2, 0) is 16.0 Å². The zero-order valence-electron chi connectivity index (χ0n) is 11.1. The molecule has 0 bridgehead atoms. The summed E-state index contributed by atoms with van der Waals surface area (Å²) in [4.78, 5) is 35.6. The average Bonchev–Trinajstić information content (AvgIpc) is 3.05. The maximum Gasteiger partial charge on any atom is 0.359 e. The largest absolute Gasteiger partial charge is 0.451 e. The Morgan fingerprint density at radius 1 is 1.50 bits per heavy atom. The Labute approximate surface area is 115 Å². The number of H-pyrrole nitrogens is 1. The lowest BCUT2D eigenvalue weighted by atomic mass is 10.2. The zero-order chi connectivity index (χ0) is 14.5. The molecule has 1 fully saturated rings. The van der Waals surface area contributed by atoms with Gasteiger partial charge in [-0.25, -0.2) is 9.59 Å². The molecule has 20 heavy (non-hydrogen) atoms. The number of nitrogens with one attached hydrogen (secondary N) is 2. The number of ether oxygens (including phenoxy) is 1. The van der Waals surface area contributed by atoms with E-state index in [1.54, 1.807) is 6.07 Å². The quantitative estimate of drug-likeness (QED) is 0.743. The Hall–Kier alpha value is -2.38. The minimum atomic E-state index is -0.684. The summed E-state index contributed by atoms with van der Waals surface area (Å²) in [5.74, 6) is -1.23. The smallest absolute Gasteiger partial charge is 0.359 e. The summed E-state index contributed by atoms with van der Waals surface area (Å²) >= 11 is 0. The van der Waals surface area contributed by atoms with Crippen LogP contribution < -0.4 is 5.32 Å². The summed E-state index contributed by atoms with van der Waals surface area (Å²) in [6.45, 7) is 2.25. The van der Waals surface area contributed by atoms with E-state index >= 15 is 0 Å². The highest BCUT2D eigenvalue weighted by Gasteiger charge is 2.27. The van der Waals surface area contributed by atoms with E-state index in [4.69, 9.17) is 4.74 Å². The summed E-state index contributed by atoms with van der Waals surface area (Å²) in [5.41, 5.74) is 0.969. The average molecular weight is 280 g/mol. The highest BCUT2D eigenvalue weighted by Crippen LogP contribution is 2.05. The summed E-state index contributed by atoms with van der Waals surface area (Å²) in [6.07, 6.45) is 1.71. The second-order valence-corrected chi connectivity index (χ2v) is 4.38. The van der Waals surface area contributed by atoms with E-state index in [9.17, 15) is 14.4 Å². The van der Waals surface area contributed by atoms with Crippen molar-refractivity contribution in [2.45, 2.75) is 19.8 Å². The van der Waals surface area contributed by atoms with Crippen molar-refractivity contribution in [3.05, 3.63) is 17.5 Å². The normalized spacial score (nSPS) is 14.2. The molecule has 1 aromatic heterocycles. The first-order valence-corrected chi connectivity index (χ1v) is 6.41. The van der Waals surface area contributed by atoms with Crippen LogP contribution in [0, 0.1) is 0 Å². The van der Waals surface area contributed by atoms with Crippen LogP contribution in [0.5, 0.6) is 0 Å². The summed E-state index contributed by atoms with van der Waals surface area (Å²) in [7, 11) is 0. The number of amides is 3. The van der Waals surface area contributed by atoms with Gasteiger partial charge in [0.1, 0.15) is 0 Å². The predicted octanol–water partition coefficient (Wildman–Crippen LogP) is 0.0708. The molecule has 0 aliphatic carbocycles. The predicted molar refractivity (Wildman–Crippen MR) is 68.0 cm³/mol. The second kappa shape index (κ2) is 6.18. The lowest BCUT2D eigenvalue weighted by Crippen LogP contribution is -2.37. The minimum Gasteiger partial charge on any atom is -0.451 e. The maximum absolute atomic E-state index is 11.7. The maximum atomic E-state index is 11.7. The highest BCUT2D eigenvalue weighted by atomic mass is 16.5. The number of aromatic amines is 1. The van der Waals surface area contributed by atoms with E-state index < -0.39 is 24.5 Å². The van der Waals surface area contributed by atoms with Crippen molar-refractivity contribution in [3.8, 4) is 0 Å². The van der Waals surface area contributed by atoms with Crippen molar-refractivity contribution in [1.82, 2.24) is 20.4 Å². The molecule has 1 aliphatic rings. The van der Waals surface area contributed by atoms with Crippen molar-refractivity contribution >= 4 is 17.9 Å². The molecule has 2 rings (SSSR count). The van der Waals surface area contributed by atoms with E-state index in [-0.39, 0.29) is 12.2 Å². The number of imide groups is 1. The Morgan fingerprint density at radius 2 is 2.30 bits per heavy atom. The molecular weight excluding hydrogens is 264 g/mol.